The van der Waals surface area contributed by atoms with E-state index in [0.717, 1.165) is 25.8 Å². The predicted molar refractivity (Wildman–Crippen MR) is 41.4 cm³/mol. The lowest BCUT2D eigenvalue weighted by atomic mass is 10.2. The molecule has 1 amide bonds. The van der Waals surface area contributed by atoms with Crippen LogP contribution in [0.4, 0.5) is 0 Å². The van der Waals surface area contributed by atoms with Crippen LogP contribution in [0, 0.1) is 12.3 Å². The maximum Gasteiger partial charge on any atom is 0.216 e. The summed E-state index contributed by atoms with van der Waals surface area (Å²) in [4.78, 5) is 10.3. The van der Waals surface area contributed by atoms with Crippen LogP contribution >= 0.6 is 0 Å². The molecule has 1 N–H and O–H groups in total. The summed E-state index contributed by atoms with van der Waals surface area (Å²) in [6.45, 7) is 2.26. The molecule has 2 nitrogen and oxygen atoms in total. The van der Waals surface area contributed by atoms with E-state index in [4.69, 9.17) is 6.42 Å². The summed E-state index contributed by atoms with van der Waals surface area (Å²) < 4.78 is 0. The highest BCUT2D eigenvalue weighted by atomic mass is 16.1. The zero-order valence-electron chi connectivity index (χ0n) is 6.31. The SMILES string of the molecule is C#CCCCCNC(C)=O. The smallest absolute Gasteiger partial charge is 0.216 e. The molecular weight excluding hydrogens is 126 g/mol. The first-order valence-corrected chi connectivity index (χ1v) is 3.45. The minimum atomic E-state index is 0.0284. The molecule has 0 spiro atoms. The second-order valence-electron chi connectivity index (χ2n) is 2.14. The fourth-order valence-electron chi connectivity index (χ4n) is 0.616. The van der Waals surface area contributed by atoms with Crippen LogP contribution in [0.15, 0.2) is 0 Å². The summed E-state index contributed by atoms with van der Waals surface area (Å²) in [7, 11) is 0. The molecule has 0 aromatic rings. The van der Waals surface area contributed by atoms with Crippen molar-refractivity contribution in [3.05, 3.63) is 0 Å². The second-order valence-corrected chi connectivity index (χ2v) is 2.14. The summed E-state index contributed by atoms with van der Waals surface area (Å²) in [6.07, 6.45) is 7.81. The van der Waals surface area contributed by atoms with Crippen molar-refractivity contribution in [1.82, 2.24) is 5.32 Å². The molecule has 0 radical (unpaired) electrons. The summed E-state index contributed by atoms with van der Waals surface area (Å²) in [5.74, 6) is 2.57. The minimum Gasteiger partial charge on any atom is -0.356 e. The number of unbranched alkanes of at least 4 members (excludes halogenated alkanes) is 2. The van der Waals surface area contributed by atoms with Gasteiger partial charge in [0.15, 0.2) is 0 Å². The van der Waals surface area contributed by atoms with Crippen LogP contribution in [0.1, 0.15) is 26.2 Å². The van der Waals surface area contributed by atoms with Crippen LogP contribution in [0.2, 0.25) is 0 Å². The van der Waals surface area contributed by atoms with Crippen LogP contribution in [-0.4, -0.2) is 12.5 Å². The minimum absolute atomic E-state index is 0.0284. The van der Waals surface area contributed by atoms with Gasteiger partial charge in [0.1, 0.15) is 0 Å². The van der Waals surface area contributed by atoms with Crippen molar-refractivity contribution in [2.24, 2.45) is 0 Å². The Balaban J connectivity index is 2.92. The standard InChI is InChI=1S/C8H13NO/c1-3-4-5-6-7-9-8(2)10/h1H,4-7H2,2H3,(H,9,10). The fourth-order valence-corrected chi connectivity index (χ4v) is 0.616. The van der Waals surface area contributed by atoms with E-state index >= 15 is 0 Å². The van der Waals surface area contributed by atoms with Gasteiger partial charge in [-0.05, 0) is 12.8 Å². The third-order valence-corrected chi connectivity index (χ3v) is 1.12. The number of amides is 1. The topological polar surface area (TPSA) is 29.1 Å². The number of rotatable bonds is 4. The average molecular weight is 139 g/mol. The van der Waals surface area contributed by atoms with E-state index in [2.05, 4.69) is 11.2 Å². The van der Waals surface area contributed by atoms with Gasteiger partial charge in [-0.25, -0.2) is 0 Å². The Hall–Kier alpha value is -0.970. The van der Waals surface area contributed by atoms with Gasteiger partial charge in [0.25, 0.3) is 0 Å². The number of hydrogen-bond acceptors (Lipinski definition) is 1. The predicted octanol–water partition coefficient (Wildman–Crippen LogP) is 0.926. The van der Waals surface area contributed by atoms with Gasteiger partial charge >= 0.3 is 0 Å². The van der Waals surface area contributed by atoms with E-state index in [1.54, 1.807) is 0 Å². The van der Waals surface area contributed by atoms with Crippen LogP contribution in [0.25, 0.3) is 0 Å². The normalized spacial score (nSPS) is 8.40. The molecule has 0 aliphatic rings. The molecule has 0 aromatic heterocycles. The Bertz CT molecular complexity index is 135. The number of nitrogens with one attached hydrogen (secondary N) is 1. The molecule has 0 atom stereocenters. The lowest BCUT2D eigenvalue weighted by molar-refractivity contribution is -0.118. The van der Waals surface area contributed by atoms with Crippen molar-refractivity contribution in [2.75, 3.05) is 6.54 Å². The van der Waals surface area contributed by atoms with Gasteiger partial charge in [0, 0.05) is 19.9 Å². The number of terminal acetylenes is 1. The Morgan fingerprint density at radius 3 is 2.80 bits per heavy atom. The quantitative estimate of drug-likeness (QED) is 0.455. The molecule has 0 heterocycles. The third-order valence-electron chi connectivity index (χ3n) is 1.12. The zero-order valence-corrected chi connectivity index (χ0v) is 6.31. The van der Waals surface area contributed by atoms with Crippen molar-refractivity contribution < 1.29 is 4.79 Å². The molecule has 0 unspecified atom stereocenters. The van der Waals surface area contributed by atoms with Crippen molar-refractivity contribution in [1.29, 1.82) is 0 Å². The summed E-state index contributed by atoms with van der Waals surface area (Å²) in [5.41, 5.74) is 0. The fraction of sp³-hybridized carbons (Fsp3) is 0.625. The maximum absolute atomic E-state index is 10.3. The highest BCUT2D eigenvalue weighted by molar-refractivity contribution is 5.72. The Labute approximate surface area is 62.0 Å². The molecular formula is C8H13NO. The highest BCUT2D eigenvalue weighted by Crippen LogP contribution is 1.90. The molecule has 0 fully saturated rings. The Kier molecular flexibility index (Phi) is 5.56. The van der Waals surface area contributed by atoms with Crippen LogP contribution in [0.3, 0.4) is 0 Å². The van der Waals surface area contributed by atoms with E-state index < -0.39 is 0 Å². The number of hydrogen-bond donors (Lipinski definition) is 1. The lowest BCUT2D eigenvalue weighted by Crippen LogP contribution is -2.20. The molecule has 0 bridgehead atoms. The first kappa shape index (κ1) is 9.03. The van der Waals surface area contributed by atoms with E-state index in [9.17, 15) is 4.79 Å². The summed E-state index contributed by atoms with van der Waals surface area (Å²) >= 11 is 0. The molecule has 56 valence electrons. The molecule has 2 heteroatoms. The van der Waals surface area contributed by atoms with Crippen LogP contribution in [0.5, 0.6) is 0 Å². The summed E-state index contributed by atoms with van der Waals surface area (Å²) in [5, 5.41) is 2.70. The van der Waals surface area contributed by atoms with E-state index in [-0.39, 0.29) is 5.91 Å². The van der Waals surface area contributed by atoms with E-state index in [0.29, 0.717) is 0 Å². The number of carbonyl (C=O) groups is 1. The van der Waals surface area contributed by atoms with Crippen molar-refractivity contribution >= 4 is 5.91 Å². The van der Waals surface area contributed by atoms with Gasteiger partial charge in [0.05, 0.1) is 0 Å². The van der Waals surface area contributed by atoms with Crippen LogP contribution in [-0.2, 0) is 4.79 Å². The molecule has 0 aromatic carbocycles. The van der Waals surface area contributed by atoms with Gasteiger partial charge in [-0.3, -0.25) is 4.79 Å². The molecule has 0 aliphatic carbocycles. The monoisotopic (exact) mass is 139 g/mol. The third kappa shape index (κ3) is 7.03. The van der Waals surface area contributed by atoms with Gasteiger partial charge in [-0.1, -0.05) is 0 Å². The van der Waals surface area contributed by atoms with Crippen molar-refractivity contribution in [3.63, 3.8) is 0 Å². The summed E-state index contributed by atoms with van der Waals surface area (Å²) in [6, 6.07) is 0. The largest absolute Gasteiger partial charge is 0.356 e. The number of carbonyl (C=O) groups excluding carboxylic acids is 1. The average Bonchev–Trinajstić information content (AvgIpc) is 1.87. The highest BCUT2D eigenvalue weighted by Gasteiger charge is 1.88. The Morgan fingerprint density at radius 1 is 1.60 bits per heavy atom. The zero-order chi connectivity index (χ0) is 7.82. The van der Waals surface area contributed by atoms with Gasteiger partial charge in [-0.2, -0.15) is 0 Å². The molecule has 10 heavy (non-hydrogen) atoms. The second kappa shape index (κ2) is 6.15. The molecule has 0 aliphatic heterocycles. The van der Waals surface area contributed by atoms with Crippen molar-refractivity contribution in [2.45, 2.75) is 26.2 Å². The van der Waals surface area contributed by atoms with Gasteiger partial charge in [-0.15, -0.1) is 12.3 Å². The lowest BCUT2D eigenvalue weighted by Gasteiger charge is -1.98. The molecule has 0 saturated carbocycles. The molecule has 0 saturated heterocycles. The Morgan fingerprint density at radius 2 is 2.30 bits per heavy atom. The first-order valence-electron chi connectivity index (χ1n) is 3.45. The van der Waals surface area contributed by atoms with E-state index in [1.807, 2.05) is 0 Å². The van der Waals surface area contributed by atoms with E-state index in [1.165, 1.54) is 6.92 Å². The maximum atomic E-state index is 10.3. The van der Waals surface area contributed by atoms with Gasteiger partial charge in [0.2, 0.25) is 5.91 Å². The van der Waals surface area contributed by atoms with Crippen LogP contribution < -0.4 is 5.32 Å². The van der Waals surface area contributed by atoms with Crippen molar-refractivity contribution in [3.8, 4) is 12.3 Å². The molecule has 0 rings (SSSR count). The first-order chi connectivity index (χ1) is 4.77. The van der Waals surface area contributed by atoms with Gasteiger partial charge < -0.3 is 5.32 Å².